The summed E-state index contributed by atoms with van der Waals surface area (Å²) in [5.41, 5.74) is 0.231. The summed E-state index contributed by atoms with van der Waals surface area (Å²) in [6.07, 6.45) is -3.88. The van der Waals surface area contributed by atoms with Crippen LogP contribution in [-0.4, -0.2) is 41.2 Å². The van der Waals surface area contributed by atoms with Gasteiger partial charge in [-0.1, -0.05) is 23.5 Å². The third-order valence-corrected chi connectivity index (χ3v) is 12.9. The van der Waals surface area contributed by atoms with Crippen molar-refractivity contribution in [2.75, 3.05) is 23.4 Å². The van der Waals surface area contributed by atoms with Crippen LogP contribution in [-0.2, 0) is 20.6 Å². The second-order valence-electron chi connectivity index (χ2n) is 13.0. The molecule has 2 aliphatic heterocycles. The number of anilines is 2. The zero-order valence-electron chi connectivity index (χ0n) is 26.7. The number of H-pyrrole nitrogens is 1. The van der Waals surface area contributed by atoms with Crippen molar-refractivity contribution in [3.8, 4) is 11.5 Å². The fraction of sp³-hybridized carbons (Fsp3) is 0.333. The smallest absolute Gasteiger partial charge is 0.416 e. The number of thioether (sulfide) groups is 1. The van der Waals surface area contributed by atoms with Gasteiger partial charge < -0.3 is 19.8 Å². The Morgan fingerprint density at radius 1 is 0.961 bits per heavy atom. The van der Waals surface area contributed by atoms with Gasteiger partial charge in [0, 0.05) is 21.7 Å². The van der Waals surface area contributed by atoms with Crippen molar-refractivity contribution in [3.63, 3.8) is 0 Å². The summed E-state index contributed by atoms with van der Waals surface area (Å²) in [5, 5.41) is 3.10. The monoisotopic (exact) mass is 739 g/mol. The number of fused-ring (bicyclic) bond motifs is 9. The van der Waals surface area contributed by atoms with Crippen molar-refractivity contribution in [1.29, 1.82) is 0 Å². The third kappa shape index (κ3) is 5.70. The number of nitrogens with zero attached hydrogens (tertiary/aromatic N) is 1. The molecule has 2 bridgehead atoms. The maximum Gasteiger partial charge on any atom is 0.416 e. The van der Waals surface area contributed by atoms with E-state index in [0.717, 1.165) is 38.9 Å². The maximum atomic E-state index is 14.0. The van der Waals surface area contributed by atoms with Crippen LogP contribution in [0.4, 0.5) is 28.9 Å². The molecule has 0 radical (unpaired) electrons. The average molecular weight is 740 g/mol. The number of hydrogen-bond acceptors (Lipinski definition) is 8. The number of thiazole rings is 1. The summed E-state index contributed by atoms with van der Waals surface area (Å²) >= 11 is 2.66. The quantitative estimate of drug-likeness (QED) is 0.153. The molecule has 3 amide bonds. The van der Waals surface area contributed by atoms with Gasteiger partial charge in [-0.2, -0.15) is 13.2 Å². The molecule has 51 heavy (non-hydrogen) atoms. The van der Waals surface area contributed by atoms with Gasteiger partial charge in [0.15, 0.2) is 18.1 Å². The summed E-state index contributed by atoms with van der Waals surface area (Å²) < 4.78 is 64.8. The number of halogens is 4. The highest BCUT2D eigenvalue weighted by Crippen LogP contribution is 2.68. The summed E-state index contributed by atoms with van der Waals surface area (Å²) in [6, 6.07) is 14.9. The molecule has 9 nitrogen and oxygen atoms in total. The summed E-state index contributed by atoms with van der Waals surface area (Å²) in [6.45, 7) is 1.54. The number of hydrogen-bond donors (Lipinski definition) is 2. The number of nitrogens with one attached hydrogen (secondary N) is 2. The van der Waals surface area contributed by atoms with Gasteiger partial charge in [0.1, 0.15) is 5.82 Å². The first kappa shape index (κ1) is 33.5. The van der Waals surface area contributed by atoms with Crippen LogP contribution in [0.15, 0.2) is 76.6 Å². The fourth-order valence-electron chi connectivity index (χ4n) is 8.45. The van der Waals surface area contributed by atoms with Gasteiger partial charge >= 0.3 is 11.0 Å². The first-order valence-corrected chi connectivity index (χ1v) is 18.0. The molecule has 4 aliphatic rings. The van der Waals surface area contributed by atoms with E-state index in [1.807, 2.05) is 6.07 Å². The molecule has 7 atom stereocenters. The average Bonchev–Trinajstić information content (AvgIpc) is 3.83. The van der Waals surface area contributed by atoms with E-state index in [1.54, 1.807) is 30.8 Å². The Hall–Kier alpha value is -4.63. The van der Waals surface area contributed by atoms with Crippen LogP contribution in [0.2, 0.25) is 0 Å². The lowest BCUT2D eigenvalue weighted by Crippen LogP contribution is -2.42. The highest BCUT2D eigenvalue weighted by Gasteiger charge is 2.69. The van der Waals surface area contributed by atoms with Crippen LogP contribution < -0.4 is 24.6 Å². The first-order valence-electron chi connectivity index (χ1n) is 16.3. The Labute approximate surface area is 296 Å². The second kappa shape index (κ2) is 12.5. The van der Waals surface area contributed by atoms with Crippen molar-refractivity contribution in [2.45, 2.75) is 35.7 Å². The second-order valence-corrected chi connectivity index (χ2v) is 15.2. The number of imide groups is 1. The molecule has 1 aromatic heterocycles. The Kier molecular flexibility index (Phi) is 8.24. The number of amides is 3. The van der Waals surface area contributed by atoms with Crippen LogP contribution in [0.3, 0.4) is 0 Å². The van der Waals surface area contributed by atoms with E-state index in [1.165, 1.54) is 41.3 Å². The standard InChI is InChI=1S/C36H29F4N3O6S2/c1-2-48-24-12-16(6-11-23(24)49-15-25(44)41-19-5-3-4-17(13-19)36(38,39)40)26-27-21-14-22(30(27)50-32-31(26)51-35(47)42-32)29-28(21)33(45)43(34(29)46)20-9-7-18(37)8-10-20/h3-13,21-22,26-30H,2,14-15H2,1H3,(H,41,44)(H,42,47)/t21-,22-,26-,27?,28?,29?,30?/m1/s1. The molecule has 4 unspecified atom stereocenters. The SMILES string of the molecule is CCOc1cc([C@H]2c3sc(=O)[nH]c3SC3C2[C@H]2C[C@@H]3C3C(=O)N(c4ccc(F)cc4)C(=O)C32)ccc1OCC(=O)Nc1cccc(C(F)(F)F)c1. The molecule has 3 aromatic carbocycles. The van der Waals surface area contributed by atoms with E-state index in [2.05, 4.69) is 10.3 Å². The molecule has 8 rings (SSSR count). The molecular formula is C36H29F4N3O6S2. The summed E-state index contributed by atoms with van der Waals surface area (Å²) in [4.78, 5) is 57.9. The number of alkyl halides is 3. The Morgan fingerprint density at radius 3 is 2.43 bits per heavy atom. The topological polar surface area (TPSA) is 118 Å². The Balaban J connectivity index is 1.07. The lowest BCUT2D eigenvalue weighted by atomic mass is 9.68. The molecule has 3 fully saturated rings. The van der Waals surface area contributed by atoms with Gasteiger partial charge in [-0.05, 0) is 91.3 Å². The number of carbonyl (C=O) groups excluding carboxylic acids is 3. The van der Waals surface area contributed by atoms with Crippen molar-refractivity contribution in [1.82, 2.24) is 4.98 Å². The normalized spacial score (nSPS) is 26.1. The largest absolute Gasteiger partial charge is 0.490 e. The van der Waals surface area contributed by atoms with Gasteiger partial charge in [-0.15, -0.1) is 11.8 Å². The molecule has 2 saturated carbocycles. The van der Waals surface area contributed by atoms with Crippen molar-refractivity contribution < 1.29 is 41.4 Å². The minimum Gasteiger partial charge on any atom is -0.490 e. The first-order chi connectivity index (χ1) is 24.4. The lowest BCUT2D eigenvalue weighted by molar-refractivity contribution is -0.137. The van der Waals surface area contributed by atoms with E-state index < -0.39 is 41.9 Å². The molecule has 264 valence electrons. The lowest BCUT2D eigenvalue weighted by Gasteiger charge is -2.43. The van der Waals surface area contributed by atoms with Crippen LogP contribution in [0.25, 0.3) is 0 Å². The van der Waals surface area contributed by atoms with E-state index in [0.29, 0.717) is 17.9 Å². The van der Waals surface area contributed by atoms with Crippen molar-refractivity contribution in [2.24, 2.45) is 29.6 Å². The van der Waals surface area contributed by atoms with Gasteiger partial charge in [0.25, 0.3) is 5.91 Å². The summed E-state index contributed by atoms with van der Waals surface area (Å²) in [5.74, 6) is -2.86. The number of rotatable bonds is 8. The molecule has 2 N–H and O–H groups in total. The summed E-state index contributed by atoms with van der Waals surface area (Å²) in [7, 11) is 0. The fourth-order valence-corrected chi connectivity index (χ4v) is 11.3. The van der Waals surface area contributed by atoms with E-state index in [-0.39, 0.29) is 63.7 Å². The van der Waals surface area contributed by atoms with Crippen molar-refractivity contribution in [3.05, 3.63) is 98.2 Å². The van der Waals surface area contributed by atoms with Crippen LogP contribution in [0, 0.1) is 35.4 Å². The predicted octanol–water partition coefficient (Wildman–Crippen LogP) is 6.69. The minimum atomic E-state index is -4.56. The molecule has 0 spiro atoms. The molecule has 15 heteroatoms. The minimum absolute atomic E-state index is 0.0267. The molecule has 1 saturated heterocycles. The van der Waals surface area contributed by atoms with Crippen LogP contribution in [0.5, 0.6) is 11.5 Å². The van der Waals surface area contributed by atoms with Gasteiger partial charge in [-0.25, -0.2) is 4.39 Å². The maximum absolute atomic E-state index is 14.0. The highest BCUT2D eigenvalue weighted by atomic mass is 32.2. The number of benzene rings is 3. The van der Waals surface area contributed by atoms with Crippen LogP contribution >= 0.6 is 23.1 Å². The number of carbonyl (C=O) groups is 3. The Bertz CT molecular complexity index is 2120. The molecule has 4 aromatic rings. The highest BCUT2D eigenvalue weighted by molar-refractivity contribution is 8.00. The molecule has 3 heterocycles. The zero-order valence-corrected chi connectivity index (χ0v) is 28.4. The third-order valence-electron chi connectivity index (χ3n) is 10.3. The number of aromatic amines is 1. The predicted molar refractivity (Wildman–Crippen MR) is 181 cm³/mol. The number of aromatic nitrogens is 1. The van der Waals surface area contributed by atoms with E-state index in [9.17, 15) is 36.7 Å². The molecule has 2 aliphatic carbocycles. The van der Waals surface area contributed by atoms with E-state index in [4.69, 9.17) is 9.47 Å². The van der Waals surface area contributed by atoms with Gasteiger partial charge in [0.2, 0.25) is 11.8 Å². The van der Waals surface area contributed by atoms with Gasteiger partial charge in [0.05, 0.1) is 34.7 Å². The Morgan fingerprint density at radius 2 is 1.71 bits per heavy atom. The van der Waals surface area contributed by atoms with Crippen LogP contribution in [0.1, 0.15) is 35.3 Å². The number of ether oxygens (including phenoxy) is 2. The van der Waals surface area contributed by atoms with E-state index >= 15 is 0 Å². The molecular weight excluding hydrogens is 711 g/mol. The zero-order chi connectivity index (χ0) is 35.8. The van der Waals surface area contributed by atoms with Crippen molar-refractivity contribution >= 4 is 52.2 Å². The van der Waals surface area contributed by atoms with Gasteiger partial charge in [-0.3, -0.25) is 24.1 Å².